The van der Waals surface area contributed by atoms with Crippen molar-refractivity contribution in [1.29, 1.82) is 0 Å². The maximum atomic E-state index is 12.8. The van der Waals surface area contributed by atoms with Crippen LogP contribution in [0.15, 0.2) is 54.6 Å². The summed E-state index contributed by atoms with van der Waals surface area (Å²) in [5.41, 5.74) is 1.42. The number of halogens is 2. The molecule has 32 heavy (non-hydrogen) atoms. The summed E-state index contributed by atoms with van der Waals surface area (Å²) < 4.78 is 6.58. The zero-order valence-corrected chi connectivity index (χ0v) is 23.1. The highest BCUT2D eigenvalue weighted by Gasteiger charge is 2.34. The lowest BCUT2D eigenvalue weighted by atomic mass is 9.73. The van der Waals surface area contributed by atoms with E-state index < -0.39 is 5.41 Å². The van der Waals surface area contributed by atoms with E-state index in [1.807, 2.05) is 55.5 Å². The highest BCUT2D eigenvalue weighted by molar-refractivity contribution is 14.1. The monoisotopic (exact) mass is 613 g/mol. The molecule has 0 aliphatic rings. The molecule has 0 bridgehead atoms. The SMILES string of the molecule is CN(CC(C)(C)CCCC(C)(C(=O)CBr)c1cccc(I)c1)C(=O)OCc1ccccc1. The molecule has 0 aliphatic heterocycles. The van der Waals surface area contributed by atoms with Crippen molar-refractivity contribution in [1.82, 2.24) is 4.90 Å². The van der Waals surface area contributed by atoms with Crippen molar-refractivity contribution in [3.8, 4) is 0 Å². The number of rotatable bonds is 11. The average Bonchev–Trinajstić information content (AvgIpc) is 2.76. The van der Waals surface area contributed by atoms with Gasteiger partial charge in [-0.05, 0) is 71.0 Å². The molecular formula is C26H33BrINO3. The highest BCUT2D eigenvalue weighted by atomic mass is 127. The van der Waals surface area contributed by atoms with Crippen LogP contribution in [0.2, 0.25) is 0 Å². The van der Waals surface area contributed by atoms with Crippen molar-refractivity contribution in [3.63, 3.8) is 0 Å². The molecule has 0 N–H and O–H groups in total. The molecule has 1 amide bonds. The second-order valence-corrected chi connectivity index (χ2v) is 11.1. The minimum atomic E-state index is -0.527. The predicted octanol–water partition coefficient (Wildman–Crippen LogP) is 6.98. The molecule has 0 saturated heterocycles. The Morgan fingerprint density at radius 3 is 2.34 bits per heavy atom. The van der Waals surface area contributed by atoms with Crippen molar-refractivity contribution in [2.45, 2.75) is 52.1 Å². The van der Waals surface area contributed by atoms with Crippen LogP contribution < -0.4 is 0 Å². The van der Waals surface area contributed by atoms with E-state index in [1.54, 1.807) is 11.9 Å². The summed E-state index contributed by atoms with van der Waals surface area (Å²) in [6.45, 7) is 7.22. The van der Waals surface area contributed by atoms with Gasteiger partial charge in [0, 0.05) is 17.2 Å². The van der Waals surface area contributed by atoms with Crippen LogP contribution in [0.5, 0.6) is 0 Å². The van der Waals surface area contributed by atoms with E-state index >= 15 is 0 Å². The minimum Gasteiger partial charge on any atom is -0.445 e. The van der Waals surface area contributed by atoms with E-state index in [9.17, 15) is 9.59 Å². The number of Topliss-reactive ketones (excluding diaryl/α,β-unsaturated/α-hetero) is 1. The second-order valence-electron chi connectivity index (χ2n) is 9.31. The van der Waals surface area contributed by atoms with E-state index in [4.69, 9.17) is 4.74 Å². The van der Waals surface area contributed by atoms with Gasteiger partial charge in [0.25, 0.3) is 0 Å². The number of nitrogens with zero attached hydrogens (tertiary/aromatic N) is 1. The Morgan fingerprint density at radius 1 is 1.03 bits per heavy atom. The van der Waals surface area contributed by atoms with Gasteiger partial charge in [-0.3, -0.25) is 4.79 Å². The Kier molecular flexibility index (Phi) is 10.2. The van der Waals surface area contributed by atoms with Gasteiger partial charge in [-0.25, -0.2) is 4.79 Å². The van der Waals surface area contributed by atoms with Crippen LogP contribution in [-0.4, -0.2) is 35.7 Å². The van der Waals surface area contributed by atoms with Gasteiger partial charge in [-0.2, -0.15) is 0 Å². The van der Waals surface area contributed by atoms with E-state index in [1.165, 1.54) is 0 Å². The summed E-state index contributed by atoms with van der Waals surface area (Å²) >= 11 is 5.66. The molecule has 0 saturated carbocycles. The van der Waals surface area contributed by atoms with Crippen LogP contribution in [0.25, 0.3) is 0 Å². The molecule has 0 fully saturated rings. The van der Waals surface area contributed by atoms with Crippen LogP contribution in [0.4, 0.5) is 4.79 Å². The number of alkyl halides is 1. The quantitative estimate of drug-likeness (QED) is 0.203. The Hall–Kier alpha value is -1.41. The van der Waals surface area contributed by atoms with Gasteiger partial charge in [0.1, 0.15) is 6.61 Å². The first-order valence-corrected chi connectivity index (χ1v) is 13.0. The van der Waals surface area contributed by atoms with Crippen LogP contribution in [0, 0.1) is 8.99 Å². The normalized spacial score (nSPS) is 13.3. The van der Waals surface area contributed by atoms with Gasteiger partial charge in [0.05, 0.1) is 10.7 Å². The lowest BCUT2D eigenvalue weighted by Gasteiger charge is -2.33. The lowest BCUT2D eigenvalue weighted by Crippen LogP contribution is -2.37. The predicted molar refractivity (Wildman–Crippen MR) is 142 cm³/mol. The molecule has 0 heterocycles. The van der Waals surface area contributed by atoms with Crippen LogP contribution in [0.1, 0.15) is 51.2 Å². The second kappa shape index (κ2) is 12.2. The van der Waals surface area contributed by atoms with Crippen molar-refractivity contribution < 1.29 is 14.3 Å². The standard InChI is InChI=1S/C26H33BrINO3/c1-25(2,19-29(4)24(31)32-18-20-10-6-5-7-11-20)14-9-15-26(3,23(30)17-27)21-12-8-13-22(28)16-21/h5-8,10-13,16H,9,14-15,17-19H2,1-4H3. The number of carbonyl (C=O) groups excluding carboxylic acids is 2. The number of hydrogen-bond acceptors (Lipinski definition) is 3. The van der Waals surface area contributed by atoms with Gasteiger partial charge in [0.2, 0.25) is 0 Å². The average molecular weight is 614 g/mol. The fourth-order valence-electron chi connectivity index (χ4n) is 3.96. The lowest BCUT2D eigenvalue weighted by molar-refractivity contribution is -0.121. The third kappa shape index (κ3) is 7.87. The number of amides is 1. The van der Waals surface area contributed by atoms with Crippen molar-refractivity contribution in [3.05, 3.63) is 69.3 Å². The molecule has 0 spiro atoms. The van der Waals surface area contributed by atoms with Crippen LogP contribution >= 0.6 is 38.5 Å². The third-order valence-electron chi connectivity index (χ3n) is 5.91. The molecule has 1 unspecified atom stereocenters. The Labute approximate surface area is 214 Å². The fraction of sp³-hybridized carbons (Fsp3) is 0.462. The smallest absolute Gasteiger partial charge is 0.409 e. The number of carbonyl (C=O) groups is 2. The Balaban J connectivity index is 1.92. The summed E-state index contributed by atoms with van der Waals surface area (Å²) in [5.74, 6) is 0.193. The maximum absolute atomic E-state index is 12.8. The van der Waals surface area contributed by atoms with Gasteiger partial charge >= 0.3 is 6.09 Å². The molecule has 0 aromatic heterocycles. The van der Waals surface area contributed by atoms with Crippen molar-refractivity contribution in [2.24, 2.45) is 5.41 Å². The summed E-state index contributed by atoms with van der Waals surface area (Å²) in [4.78, 5) is 26.9. The largest absolute Gasteiger partial charge is 0.445 e. The van der Waals surface area contributed by atoms with E-state index in [0.717, 1.165) is 34.0 Å². The topological polar surface area (TPSA) is 46.6 Å². The molecule has 6 heteroatoms. The molecule has 0 radical (unpaired) electrons. The van der Waals surface area contributed by atoms with E-state index in [2.05, 4.69) is 58.4 Å². The zero-order chi connectivity index (χ0) is 23.8. The first kappa shape index (κ1) is 26.8. The third-order valence-corrected chi connectivity index (χ3v) is 7.09. The molecule has 2 aromatic carbocycles. The van der Waals surface area contributed by atoms with Crippen LogP contribution in [-0.2, 0) is 21.6 Å². The maximum Gasteiger partial charge on any atom is 0.409 e. The van der Waals surface area contributed by atoms with Gasteiger partial charge in [0.15, 0.2) is 5.78 Å². The number of hydrogen-bond donors (Lipinski definition) is 0. The molecule has 2 rings (SSSR count). The summed E-state index contributed by atoms with van der Waals surface area (Å²) in [7, 11) is 1.78. The fourth-order valence-corrected chi connectivity index (χ4v) is 5.12. The summed E-state index contributed by atoms with van der Waals surface area (Å²) in [5, 5.41) is 0.342. The molecule has 0 aliphatic carbocycles. The Bertz CT molecular complexity index is 903. The summed E-state index contributed by atoms with van der Waals surface area (Å²) in [6.07, 6.45) is 2.24. The zero-order valence-electron chi connectivity index (χ0n) is 19.4. The molecular weight excluding hydrogens is 581 g/mol. The molecule has 4 nitrogen and oxygen atoms in total. The number of ketones is 1. The highest BCUT2D eigenvalue weighted by Crippen LogP contribution is 2.35. The Morgan fingerprint density at radius 2 is 1.72 bits per heavy atom. The molecule has 174 valence electrons. The van der Waals surface area contributed by atoms with E-state index in [-0.39, 0.29) is 23.9 Å². The summed E-state index contributed by atoms with van der Waals surface area (Å²) in [6, 6.07) is 17.9. The first-order chi connectivity index (χ1) is 15.1. The van der Waals surface area contributed by atoms with Gasteiger partial charge in [-0.15, -0.1) is 0 Å². The minimum absolute atomic E-state index is 0.0933. The van der Waals surface area contributed by atoms with Crippen molar-refractivity contribution in [2.75, 3.05) is 18.9 Å². The molecule has 2 aromatic rings. The van der Waals surface area contributed by atoms with Crippen molar-refractivity contribution >= 4 is 50.4 Å². The molecule has 1 atom stereocenters. The van der Waals surface area contributed by atoms with E-state index in [0.29, 0.717) is 11.9 Å². The van der Waals surface area contributed by atoms with Gasteiger partial charge in [-0.1, -0.05) is 78.7 Å². The number of ether oxygens (including phenoxy) is 1. The van der Waals surface area contributed by atoms with Gasteiger partial charge < -0.3 is 9.64 Å². The number of benzene rings is 2. The van der Waals surface area contributed by atoms with Crippen LogP contribution in [0.3, 0.4) is 0 Å². The first-order valence-electron chi connectivity index (χ1n) is 10.8.